The molecule has 0 aromatic heterocycles. The van der Waals surface area contributed by atoms with Crippen molar-refractivity contribution in [2.24, 2.45) is 10.7 Å². The first-order valence-electron chi connectivity index (χ1n) is 7.77. The van der Waals surface area contributed by atoms with Crippen LogP contribution < -0.4 is 5.73 Å². The number of nitrogens with zero attached hydrogens (tertiary/aromatic N) is 2. The van der Waals surface area contributed by atoms with Gasteiger partial charge in [-0.05, 0) is 39.2 Å². The van der Waals surface area contributed by atoms with Crippen molar-refractivity contribution in [3.8, 4) is 0 Å². The van der Waals surface area contributed by atoms with Crippen LogP contribution in [0, 0.1) is 13.8 Å². The molecule has 0 amide bonds. The van der Waals surface area contributed by atoms with E-state index in [4.69, 9.17) is 10.5 Å². The van der Waals surface area contributed by atoms with Crippen LogP contribution in [0.25, 0.3) is 0 Å². The van der Waals surface area contributed by atoms with Crippen LogP contribution in [0.1, 0.15) is 36.5 Å². The molecule has 2 unspecified atom stereocenters. The van der Waals surface area contributed by atoms with E-state index in [2.05, 4.69) is 48.9 Å². The maximum absolute atomic E-state index is 6.17. The van der Waals surface area contributed by atoms with Gasteiger partial charge in [0, 0.05) is 13.2 Å². The number of aliphatic imine (C=N–C) groups is 1. The summed E-state index contributed by atoms with van der Waals surface area (Å²) in [5, 5.41) is 0. The fraction of sp³-hybridized carbons (Fsp3) is 0.588. The Hall–Kier alpha value is -1.55. The molecule has 2 aliphatic heterocycles. The van der Waals surface area contributed by atoms with Gasteiger partial charge in [0.25, 0.3) is 0 Å². The number of guanidine groups is 1. The van der Waals surface area contributed by atoms with Gasteiger partial charge in [0.05, 0.1) is 18.2 Å². The fourth-order valence-electron chi connectivity index (χ4n) is 3.48. The molecule has 0 saturated carbocycles. The highest BCUT2D eigenvalue weighted by atomic mass is 16.5. The van der Waals surface area contributed by atoms with E-state index in [1.54, 1.807) is 0 Å². The normalized spacial score (nSPS) is 29.0. The summed E-state index contributed by atoms with van der Waals surface area (Å²) in [6.45, 7) is 8.94. The topological polar surface area (TPSA) is 50.8 Å². The second-order valence-electron chi connectivity index (χ2n) is 6.57. The van der Waals surface area contributed by atoms with Crippen molar-refractivity contribution >= 4 is 5.96 Å². The van der Waals surface area contributed by atoms with Gasteiger partial charge in [0.1, 0.15) is 0 Å². The first-order valence-corrected chi connectivity index (χ1v) is 7.77. The van der Waals surface area contributed by atoms with Gasteiger partial charge >= 0.3 is 0 Å². The lowest BCUT2D eigenvalue weighted by atomic mass is 9.88. The highest BCUT2D eigenvalue weighted by molar-refractivity contribution is 5.81. The van der Waals surface area contributed by atoms with Crippen LogP contribution in [-0.4, -0.2) is 36.7 Å². The summed E-state index contributed by atoms with van der Waals surface area (Å²) in [6, 6.07) is 6.71. The van der Waals surface area contributed by atoms with Gasteiger partial charge in [-0.1, -0.05) is 29.3 Å². The zero-order valence-corrected chi connectivity index (χ0v) is 13.2. The van der Waals surface area contributed by atoms with Gasteiger partial charge < -0.3 is 15.4 Å². The summed E-state index contributed by atoms with van der Waals surface area (Å²) in [4.78, 5) is 6.75. The Balaban J connectivity index is 1.90. The third-order valence-corrected chi connectivity index (χ3v) is 4.68. The minimum atomic E-state index is -0.160. The monoisotopic (exact) mass is 287 g/mol. The minimum Gasteiger partial charge on any atom is -0.376 e. The molecule has 2 atom stereocenters. The second kappa shape index (κ2) is 5.34. The molecule has 1 saturated heterocycles. The lowest BCUT2D eigenvalue weighted by molar-refractivity contribution is 0.0690. The van der Waals surface area contributed by atoms with Gasteiger partial charge in [-0.15, -0.1) is 0 Å². The third kappa shape index (κ3) is 2.64. The smallest absolute Gasteiger partial charge is 0.192 e. The number of rotatable bonds is 3. The van der Waals surface area contributed by atoms with E-state index in [9.17, 15) is 0 Å². The summed E-state index contributed by atoms with van der Waals surface area (Å²) in [7, 11) is 0. The van der Waals surface area contributed by atoms with Crippen LogP contribution in [0.2, 0.25) is 0 Å². The Morgan fingerprint density at radius 1 is 1.33 bits per heavy atom. The van der Waals surface area contributed by atoms with Crippen molar-refractivity contribution in [2.45, 2.75) is 45.3 Å². The first-order chi connectivity index (χ1) is 9.99. The molecule has 1 aromatic rings. The Morgan fingerprint density at radius 2 is 2.05 bits per heavy atom. The number of aryl methyl sites for hydroxylation is 2. The second-order valence-corrected chi connectivity index (χ2v) is 6.57. The zero-order chi connectivity index (χ0) is 15.0. The van der Waals surface area contributed by atoms with Crippen molar-refractivity contribution in [3.63, 3.8) is 0 Å². The molecule has 2 N–H and O–H groups in total. The van der Waals surface area contributed by atoms with Crippen molar-refractivity contribution < 1.29 is 4.74 Å². The maximum Gasteiger partial charge on any atom is 0.192 e. The minimum absolute atomic E-state index is 0.160. The Kier molecular flexibility index (Phi) is 3.66. The SMILES string of the molecule is Cc1cc(C)cc(C2(C)CN=C(N)N2CC2CCCO2)c1. The average molecular weight is 287 g/mol. The number of nitrogens with two attached hydrogens (primary N) is 1. The highest BCUT2D eigenvalue weighted by Gasteiger charge is 2.41. The van der Waals surface area contributed by atoms with E-state index < -0.39 is 0 Å². The van der Waals surface area contributed by atoms with Gasteiger partial charge in [0.2, 0.25) is 0 Å². The summed E-state index contributed by atoms with van der Waals surface area (Å²) in [5.74, 6) is 0.646. The Morgan fingerprint density at radius 3 is 2.67 bits per heavy atom. The molecule has 3 rings (SSSR count). The van der Waals surface area contributed by atoms with E-state index in [1.165, 1.54) is 16.7 Å². The third-order valence-electron chi connectivity index (χ3n) is 4.68. The Labute approximate surface area is 127 Å². The molecule has 21 heavy (non-hydrogen) atoms. The largest absolute Gasteiger partial charge is 0.376 e. The summed E-state index contributed by atoms with van der Waals surface area (Å²) in [6.07, 6.45) is 2.55. The predicted molar refractivity (Wildman–Crippen MR) is 85.4 cm³/mol. The highest BCUT2D eigenvalue weighted by Crippen LogP contribution is 2.34. The van der Waals surface area contributed by atoms with Gasteiger partial charge in [-0.2, -0.15) is 0 Å². The number of hydrogen-bond donors (Lipinski definition) is 1. The molecule has 114 valence electrons. The van der Waals surface area contributed by atoms with E-state index in [0.29, 0.717) is 12.5 Å². The molecule has 1 aromatic carbocycles. The molecule has 0 radical (unpaired) electrons. The molecule has 0 spiro atoms. The van der Waals surface area contributed by atoms with Crippen LogP contribution in [-0.2, 0) is 10.3 Å². The maximum atomic E-state index is 6.17. The summed E-state index contributed by atoms with van der Waals surface area (Å²) in [5.41, 5.74) is 9.87. The van der Waals surface area contributed by atoms with Crippen molar-refractivity contribution in [1.29, 1.82) is 0 Å². The molecular formula is C17H25N3O. The predicted octanol–water partition coefficient (Wildman–Crippen LogP) is 2.33. The van der Waals surface area contributed by atoms with Gasteiger partial charge in [-0.25, -0.2) is 0 Å². The van der Waals surface area contributed by atoms with E-state index >= 15 is 0 Å². The van der Waals surface area contributed by atoms with E-state index in [-0.39, 0.29) is 11.6 Å². The molecule has 0 aliphatic carbocycles. The fourth-order valence-corrected chi connectivity index (χ4v) is 3.48. The summed E-state index contributed by atoms with van der Waals surface area (Å²) >= 11 is 0. The van der Waals surface area contributed by atoms with E-state index in [0.717, 1.165) is 26.0 Å². The molecule has 2 aliphatic rings. The zero-order valence-electron chi connectivity index (χ0n) is 13.2. The van der Waals surface area contributed by atoms with Gasteiger partial charge in [0.15, 0.2) is 5.96 Å². The number of ether oxygens (including phenoxy) is 1. The lowest BCUT2D eigenvalue weighted by Gasteiger charge is -2.38. The number of benzene rings is 1. The van der Waals surface area contributed by atoms with Crippen LogP contribution in [0.4, 0.5) is 0 Å². The molecule has 4 heteroatoms. The lowest BCUT2D eigenvalue weighted by Crippen LogP contribution is -2.50. The van der Waals surface area contributed by atoms with Crippen LogP contribution in [0.5, 0.6) is 0 Å². The van der Waals surface area contributed by atoms with Crippen molar-refractivity contribution in [2.75, 3.05) is 19.7 Å². The quantitative estimate of drug-likeness (QED) is 0.928. The molecule has 1 fully saturated rings. The summed E-state index contributed by atoms with van der Waals surface area (Å²) < 4.78 is 5.79. The van der Waals surface area contributed by atoms with Crippen LogP contribution in [0.15, 0.2) is 23.2 Å². The molecule has 2 heterocycles. The van der Waals surface area contributed by atoms with Gasteiger partial charge in [-0.3, -0.25) is 4.99 Å². The molecular weight excluding hydrogens is 262 g/mol. The van der Waals surface area contributed by atoms with Crippen LogP contribution >= 0.6 is 0 Å². The molecule has 4 nitrogen and oxygen atoms in total. The van der Waals surface area contributed by atoms with Crippen molar-refractivity contribution in [3.05, 3.63) is 34.9 Å². The first kappa shape index (κ1) is 14.4. The van der Waals surface area contributed by atoms with Crippen LogP contribution in [0.3, 0.4) is 0 Å². The molecule has 0 bridgehead atoms. The average Bonchev–Trinajstić information content (AvgIpc) is 3.02. The Bertz CT molecular complexity index is 543. The number of hydrogen-bond acceptors (Lipinski definition) is 4. The van der Waals surface area contributed by atoms with E-state index in [1.807, 2.05) is 0 Å². The van der Waals surface area contributed by atoms with Crippen molar-refractivity contribution in [1.82, 2.24) is 4.90 Å². The standard InChI is InChI=1S/C17H25N3O/c1-12-7-13(2)9-14(8-12)17(3)11-19-16(18)20(17)10-15-5-4-6-21-15/h7-9,15H,4-6,10-11H2,1-3H3,(H2,18,19).